The number of hydrogen-bond donors (Lipinski definition) is 0. The van der Waals surface area contributed by atoms with Gasteiger partial charge in [-0.05, 0) is 48.4 Å². The molecule has 2 rings (SSSR count). The first-order chi connectivity index (χ1) is 13.9. The molecule has 0 spiro atoms. The van der Waals surface area contributed by atoms with Gasteiger partial charge in [0.2, 0.25) is 0 Å². The van der Waals surface area contributed by atoms with E-state index in [4.69, 9.17) is 21.1 Å². The summed E-state index contributed by atoms with van der Waals surface area (Å²) in [4.78, 5) is 21.6. The van der Waals surface area contributed by atoms with Crippen molar-refractivity contribution in [3.63, 3.8) is 0 Å². The minimum absolute atomic E-state index is 0.0696. The molecule has 0 amide bonds. The second-order valence-electron chi connectivity index (χ2n) is 5.60. The topological polar surface area (TPSA) is 112 Å². The van der Waals surface area contributed by atoms with Gasteiger partial charge < -0.3 is 14.2 Å². The van der Waals surface area contributed by atoms with Crippen LogP contribution in [0.25, 0.3) is 11.6 Å². The molecule has 0 aromatic heterocycles. The summed E-state index contributed by atoms with van der Waals surface area (Å²) in [6.07, 6.45) is 1.57. The van der Waals surface area contributed by atoms with Crippen molar-refractivity contribution < 1.29 is 23.9 Å². The molecule has 0 heterocycles. The number of non-ortho nitro benzene ring substituents is 1. The van der Waals surface area contributed by atoms with Crippen LogP contribution in [0.5, 0.6) is 11.5 Å². The van der Waals surface area contributed by atoms with Crippen LogP contribution in [0.2, 0.25) is 5.02 Å². The number of nitro groups is 1. The molecular formula is C20H17ClN2O6. The van der Waals surface area contributed by atoms with E-state index in [1.165, 1.54) is 31.4 Å². The van der Waals surface area contributed by atoms with Crippen LogP contribution in [0.15, 0.2) is 36.4 Å². The first-order valence-electron chi connectivity index (χ1n) is 8.42. The van der Waals surface area contributed by atoms with E-state index >= 15 is 0 Å². The average molecular weight is 417 g/mol. The summed E-state index contributed by atoms with van der Waals surface area (Å²) >= 11 is 6.28. The number of ether oxygens (including phenoxy) is 3. The van der Waals surface area contributed by atoms with Gasteiger partial charge in [0.15, 0.2) is 18.1 Å². The van der Waals surface area contributed by atoms with E-state index in [1.807, 2.05) is 0 Å². The van der Waals surface area contributed by atoms with E-state index in [2.05, 4.69) is 10.8 Å². The van der Waals surface area contributed by atoms with Crippen molar-refractivity contribution >= 4 is 34.9 Å². The molecule has 150 valence electrons. The lowest BCUT2D eigenvalue weighted by molar-refractivity contribution is -0.384. The van der Waals surface area contributed by atoms with Crippen molar-refractivity contribution in [1.82, 2.24) is 0 Å². The Bertz CT molecular complexity index is 980. The van der Waals surface area contributed by atoms with E-state index < -0.39 is 10.9 Å². The summed E-state index contributed by atoms with van der Waals surface area (Å²) in [5.74, 6) is -0.0847. The first-order valence-corrected chi connectivity index (χ1v) is 8.80. The molecular weight excluding hydrogens is 400 g/mol. The Morgan fingerprint density at radius 2 is 1.97 bits per heavy atom. The number of halogens is 1. The highest BCUT2D eigenvalue weighted by Crippen LogP contribution is 2.37. The minimum atomic E-state index is -0.572. The zero-order valence-corrected chi connectivity index (χ0v) is 16.4. The van der Waals surface area contributed by atoms with Crippen LogP contribution in [0, 0.1) is 21.4 Å². The number of nitrogens with zero attached hydrogens (tertiary/aromatic N) is 2. The van der Waals surface area contributed by atoms with Gasteiger partial charge in [-0.15, -0.1) is 0 Å². The molecule has 2 aromatic carbocycles. The number of hydrogen-bond acceptors (Lipinski definition) is 7. The maximum atomic E-state index is 11.3. The number of benzene rings is 2. The summed E-state index contributed by atoms with van der Waals surface area (Å²) in [5, 5.41) is 20.5. The minimum Gasteiger partial charge on any atom is -0.490 e. The second-order valence-corrected chi connectivity index (χ2v) is 6.01. The third-order valence-electron chi connectivity index (χ3n) is 3.71. The van der Waals surface area contributed by atoms with Gasteiger partial charge in [-0.25, -0.2) is 4.79 Å². The highest BCUT2D eigenvalue weighted by atomic mass is 35.5. The summed E-state index contributed by atoms with van der Waals surface area (Å²) in [6, 6.07) is 10.9. The Morgan fingerprint density at radius 3 is 2.52 bits per heavy atom. The lowest BCUT2D eigenvalue weighted by atomic mass is 10.0. The maximum Gasteiger partial charge on any atom is 0.343 e. The summed E-state index contributed by atoms with van der Waals surface area (Å²) in [5.41, 5.74) is 1.28. The molecule has 0 aliphatic heterocycles. The quantitative estimate of drug-likeness (QED) is 0.208. The largest absolute Gasteiger partial charge is 0.490 e. The Hall–Kier alpha value is -3.57. The van der Waals surface area contributed by atoms with Gasteiger partial charge in [-0.2, -0.15) is 5.26 Å². The van der Waals surface area contributed by atoms with Gasteiger partial charge in [0.1, 0.15) is 0 Å². The fourth-order valence-electron chi connectivity index (χ4n) is 2.37. The third-order valence-corrected chi connectivity index (χ3v) is 4.00. The fraction of sp³-hybridized carbons (Fsp3) is 0.200. The lowest BCUT2D eigenvalue weighted by Crippen LogP contribution is -2.13. The Labute approximate surface area is 172 Å². The molecule has 0 bridgehead atoms. The van der Waals surface area contributed by atoms with E-state index in [9.17, 15) is 20.2 Å². The van der Waals surface area contributed by atoms with Crippen molar-refractivity contribution in [3.05, 3.63) is 62.7 Å². The van der Waals surface area contributed by atoms with Crippen LogP contribution in [0.4, 0.5) is 5.69 Å². The molecule has 0 unspecified atom stereocenters. The molecule has 0 N–H and O–H groups in total. The predicted molar refractivity (Wildman–Crippen MR) is 107 cm³/mol. The zero-order chi connectivity index (χ0) is 21.4. The number of nitro benzene ring substituents is 1. The van der Waals surface area contributed by atoms with E-state index in [-0.39, 0.29) is 28.6 Å². The molecule has 29 heavy (non-hydrogen) atoms. The smallest absolute Gasteiger partial charge is 0.343 e. The number of nitriles is 1. The standard InChI is InChI=1S/C20H17ClN2O6/c1-3-28-18-10-13(9-17(21)20(18)29-12-19(24)27-2)8-15(11-22)14-4-6-16(7-5-14)23(25)26/h4-10H,3,12H2,1-2H3/b15-8-. The second kappa shape index (κ2) is 10.1. The van der Waals surface area contributed by atoms with Crippen molar-refractivity contribution in [3.8, 4) is 17.6 Å². The van der Waals surface area contributed by atoms with Gasteiger partial charge in [-0.1, -0.05) is 11.6 Å². The van der Waals surface area contributed by atoms with Crippen molar-refractivity contribution in [2.75, 3.05) is 20.3 Å². The maximum absolute atomic E-state index is 11.3. The van der Waals surface area contributed by atoms with E-state index in [0.29, 0.717) is 23.5 Å². The molecule has 0 fully saturated rings. The van der Waals surface area contributed by atoms with Crippen LogP contribution >= 0.6 is 11.6 Å². The average Bonchev–Trinajstić information content (AvgIpc) is 2.71. The van der Waals surface area contributed by atoms with Crippen LogP contribution in [0.1, 0.15) is 18.1 Å². The summed E-state index contributed by atoms with van der Waals surface area (Å²) in [6.45, 7) is 1.77. The van der Waals surface area contributed by atoms with Gasteiger partial charge in [0.05, 0.1) is 35.3 Å². The molecule has 0 atom stereocenters. The molecule has 2 aromatic rings. The van der Waals surface area contributed by atoms with Gasteiger partial charge >= 0.3 is 5.97 Å². The highest BCUT2D eigenvalue weighted by Gasteiger charge is 2.15. The highest BCUT2D eigenvalue weighted by molar-refractivity contribution is 6.32. The summed E-state index contributed by atoms with van der Waals surface area (Å²) < 4.78 is 15.5. The SMILES string of the molecule is CCOc1cc(/C=C(/C#N)c2ccc([N+](=O)[O-])cc2)cc(Cl)c1OCC(=O)OC. The molecule has 8 nitrogen and oxygen atoms in total. The Kier molecular flexibility index (Phi) is 7.57. The zero-order valence-electron chi connectivity index (χ0n) is 15.7. The van der Waals surface area contributed by atoms with Crippen LogP contribution < -0.4 is 9.47 Å². The molecule has 0 radical (unpaired) electrons. The van der Waals surface area contributed by atoms with Crippen molar-refractivity contribution in [2.45, 2.75) is 6.92 Å². The van der Waals surface area contributed by atoms with Crippen molar-refractivity contribution in [2.24, 2.45) is 0 Å². The monoisotopic (exact) mass is 416 g/mol. The normalized spacial score (nSPS) is 10.8. The lowest BCUT2D eigenvalue weighted by Gasteiger charge is -2.14. The number of methoxy groups -OCH3 is 1. The van der Waals surface area contributed by atoms with Crippen LogP contribution in [0.3, 0.4) is 0 Å². The Balaban J connectivity index is 2.40. The van der Waals surface area contributed by atoms with Gasteiger partial charge in [-0.3, -0.25) is 10.1 Å². The molecule has 0 aliphatic rings. The summed E-state index contributed by atoms with van der Waals surface area (Å²) in [7, 11) is 1.24. The number of allylic oxidation sites excluding steroid dienone is 1. The van der Waals surface area contributed by atoms with Crippen molar-refractivity contribution in [1.29, 1.82) is 5.26 Å². The van der Waals surface area contributed by atoms with E-state index in [0.717, 1.165) is 0 Å². The fourth-order valence-corrected chi connectivity index (χ4v) is 2.65. The van der Waals surface area contributed by atoms with E-state index in [1.54, 1.807) is 25.1 Å². The number of rotatable bonds is 8. The first kappa shape index (κ1) is 21.7. The van der Waals surface area contributed by atoms with Crippen LogP contribution in [-0.4, -0.2) is 31.2 Å². The number of carbonyl (C=O) groups excluding carboxylic acids is 1. The van der Waals surface area contributed by atoms with Gasteiger partial charge in [0, 0.05) is 12.1 Å². The Morgan fingerprint density at radius 1 is 1.28 bits per heavy atom. The third kappa shape index (κ3) is 5.70. The molecule has 0 saturated carbocycles. The molecule has 0 aliphatic carbocycles. The molecule has 0 saturated heterocycles. The number of carbonyl (C=O) groups is 1. The predicted octanol–water partition coefficient (Wildman–Crippen LogP) is 4.26. The van der Waals surface area contributed by atoms with Gasteiger partial charge in [0.25, 0.3) is 5.69 Å². The molecule has 9 heteroatoms. The number of esters is 1. The van der Waals surface area contributed by atoms with Crippen LogP contribution in [-0.2, 0) is 9.53 Å².